The fraction of sp³-hybridized carbons (Fsp3) is 0.467. The van der Waals surface area contributed by atoms with Crippen LogP contribution in [0.1, 0.15) is 37.0 Å². The smallest absolute Gasteiger partial charge is 0.0218 e. The van der Waals surface area contributed by atoms with Crippen molar-refractivity contribution in [2.75, 3.05) is 0 Å². The van der Waals surface area contributed by atoms with Crippen LogP contribution in [-0.4, -0.2) is 0 Å². The molecular weight excluding hydrogens is 180 g/mol. The fourth-order valence-electron chi connectivity index (χ4n) is 2.00. The first-order valence-corrected chi connectivity index (χ1v) is 5.85. The summed E-state index contributed by atoms with van der Waals surface area (Å²) in [6.45, 7) is 8.80. The van der Waals surface area contributed by atoms with Crippen LogP contribution in [0.3, 0.4) is 0 Å². The Kier molecular flexibility index (Phi) is 4.61. The van der Waals surface area contributed by atoms with Gasteiger partial charge in [0.1, 0.15) is 0 Å². The molecule has 82 valence electrons. The normalized spacial score (nSPS) is 13.3. The second-order valence-corrected chi connectivity index (χ2v) is 4.51. The summed E-state index contributed by atoms with van der Waals surface area (Å²) < 4.78 is 0. The minimum absolute atomic E-state index is 0.645. The number of allylic oxidation sites excluding steroid dienone is 2. The first-order chi connectivity index (χ1) is 7.11. The third-order valence-electron chi connectivity index (χ3n) is 2.54. The second kappa shape index (κ2) is 5.75. The first-order valence-electron chi connectivity index (χ1n) is 5.85. The van der Waals surface area contributed by atoms with Crippen LogP contribution < -0.4 is 0 Å². The van der Waals surface area contributed by atoms with Gasteiger partial charge >= 0.3 is 0 Å². The molecule has 0 heterocycles. The molecule has 15 heavy (non-hydrogen) atoms. The van der Waals surface area contributed by atoms with Crippen LogP contribution in [0.4, 0.5) is 0 Å². The van der Waals surface area contributed by atoms with Gasteiger partial charge in [-0.05, 0) is 38.2 Å². The number of hydrogen-bond donors (Lipinski definition) is 0. The third kappa shape index (κ3) is 4.33. The minimum Gasteiger partial charge on any atom is -0.0885 e. The molecule has 0 aromatic heterocycles. The van der Waals surface area contributed by atoms with Crippen molar-refractivity contribution in [2.45, 2.75) is 40.5 Å². The Morgan fingerprint density at radius 2 is 1.73 bits per heavy atom. The molecule has 1 rings (SSSR count). The Morgan fingerprint density at radius 1 is 1.13 bits per heavy atom. The monoisotopic (exact) mass is 202 g/mol. The molecule has 0 amide bonds. The van der Waals surface area contributed by atoms with Crippen LogP contribution in [0.25, 0.3) is 0 Å². The molecule has 1 atom stereocenters. The lowest BCUT2D eigenvalue weighted by molar-refractivity contribution is 0.719. The van der Waals surface area contributed by atoms with Crippen molar-refractivity contribution in [2.24, 2.45) is 5.92 Å². The van der Waals surface area contributed by atoms with E-state index in [0.717, 1.165) is 12.8 Å². The average molecular weight is 202 g/mol. The average Bonchev–Trinajstić information content (AvgIpc) is 2.13. The molecule has 1 aromatic carbocycles. The Labute approximate surface area is 94.0 Å². The summed E-state index contributed by atoms with van der Waals surface area (Å²) in [7, 11) is 0. The van der Waals surface area contributed by atoms with E-state index in [0.29, 0.717) is 5.92 Å². The van der Waals surface area contributed by atoms with Crippen molar-refractivity contribution < 1.29 is 0 Å². The predicted molar refractivity (Wildman–Crippen MR) is 68.2 cm³/mol. The maximum absolute atomic E-state index is 2.32. The van der Waals surface area contributed by atoms with E-state index in [9.17, 15) is 0 Å². The van der Waals surface area contributed by atoms with E-state index >= 15 is 0 Å². The molecule has 0 nitrogen and oxygen atoms in total. The molecule has 0 aliphatic heterocycles. The van der Waals surface area contributed by atoms with Gasteiger partial charge in [-0.2, -0.15) is 0 Å². The van der Waals surface area contributed by atoms with Crippen LogP contribution in [0.15, 0.2) is 30.4 Å². The van der Waals surface area contributed by atoms with E-state index in [2.05, 4.69) is 58.0 Å². The summed E-state index contributed by atoms with van der Waals surface area (Å²) in [6.07, 6.45) is 6.86. The van der Waals surface area contributed by atoms with Crippen LogP contribution in [0.2, 0.25) is 0 Å². The van der Waals surface area contributed by atoms with E-state index in [4.69, 9.17) is 0 Å². The molecule has 0 radical (unpaired) electrons. The summed E-state index contributed by atoms with van der Waals surface area (Å²) in [6, 6.07) is 6.82. The molecular formula is C15H22. The van der Waals surface area contributed by atoms with Crippen molar-refractivity contribution in [3.8, 4) is 0 Å². The maximum atomic E-state index is 2.32. The zero-order valence-electron chi connectivity index (χ0n) is 10.4. The SMILES string of the molecule is CC/C=C\C(C)Cc1cc(C)cc(C)c1. The summed E-state index contributed by atoms with van der Waals surface area (Å²) in [5.41, 5.74) is 4.20. The maximum Gasteiger partial charge on any atom is -0.0218 e. The molecule has 0 aliphatic carbocycles. The molecule has 0 saturated carbocycles. The molecule has 0 N–H and O–H groups in total. The topological polar surface area (TPSA) is 0 Å². The molecule has 0 heteroatoms. The highest BCUT2D eigenvalue weighted by Crippen LogP contribution is 2.14. The Balaban J connectivity index is 2.67. The molecule has 0 aliphatic rings. The number of aryl methyl sites for hydroxylation is 2. The Bertz CT molecular complexity index is 314. The van der Waals surface area contributed by atoms with Gasteiger partial charge in [0, 0.05) is 0 Å². The lowest BCUT2D eigenvalue weighted by Gasteiger charge is -2.08. The van der Waals surface area contributed by atoms with E-state index in [1.807, 2.05) is 0 Å². The molecule has 0 bridgehead atoms. The van der Waals surface area contributed by atoms with Crippen LogP contribution in [0.5, 0.6) is 0 Å². The largest absolute Gasteiger partial charge is 0.0885 e. The summed E-state index contributed by atoms with van der Waals surface area (Å²) in [4.78, 5) is 0. The second-order valence-electron chi connectivity index (χ2n) is 4.51. The molecule has 0 saturated heterocycles. The van der Waals surface area contributed by atoms with Gasteiger partial charge in [-0.15, -0.1) is 0 Å². The molecule has 1 unspecified atom stereocenters. The number of benzene rings is 1. The van der Waals surface area contributed by atoms with Crippen molar-refractivity contribution in [3.05, 3.63) is 47.0 Å². The fourth-order valence-corrected chi connectivity index (χ4v) is 2.00. The molecule has 0 spiro atoms. The van der Waals surface area contributed by atoms with E-state index in [-0.39, 0.29) is 0 Å². The molecule has 1 aromatic rings. The zero-order valence-corrected chi connectivity index (χ0v) is 10.4. The zero-order chi connectivity index (χ0) is 11.3. The van der Waals surface area contributed by atoms with E-state index in [1.165, 1.54) is 16.7 Å². The van der Waals surface area contributed by atoms with Crippen LogP contribution in [0, 0.1) is 19.8 Å². The van der Waals surface area contributed by atoms with Crippen molar-refractivity contribution in [1.82, 2.24) is 0 Å². The van der Waals surface area contributed by atoms with Gasteiger partial charge in [0.25, 0.3) is 0 Å². The Hall–Kier alpha value is -1.04. The van der Waals surface area contributed by atoms with Crippen molar-refractivity contribution in [3.63, 3.8) is 0 Å². The highest BCUT2D eigenvalue weighted by Gasteiger charge is 2.00. The minimum atomic E-state index is 0.645. The lowest BCUT2D eigenvalue weighted by atomic mass is 9.97. The predicted octanol–water partition coefficient (Wildman–Crippen LogP) is 4.45. The lowest BCUT2D eigenvalue weighted by Crippen LogP contribution is -1.97. The highest BCUT2D eigenvalue weighted by molar-refractivity contribution is 5.29. The van der Waals surface area contributed by atoms with Crippen LogP contribution >= 0.6 is 0 Å². The quantitative estimate of drug-likeness (QED) is 0.633. The summed E-state index contributed by atoms with van der Waals surface area (Å²) in [5.74, 6) is 0.645. The molecule has 0 fully saturated rings. The summed E-state index contributed by atoms with van der Waals surface area (Å²) >= 11 is 0. The van der Waals surface area contributed by atoms with Gasteiger partial charge in [0.05, 0.1) is 0 Å². The first kappa shape index (κ1) is 12.0. The van der Waals surface area contributed by atoms with Gasteiger partial charge in [-0.3, -0.25) is 0 Å². The van der Waals surface area contributed by atoms with Gasteiger partial charge in [0.2, 0.25) is 0 Å². The van der Waals surface area contributed by atoms with E-state index in [1.54, 1.807) is 0 Å². The highest BCUT2D eigenvalue weighted by atomic mass is 14.1. The Morgan fingerprint density at radius 3 is 2.27 bits per heavy atom. The number of hydrogen-bond acceptors (Lipinski definition) is 0. The van der Waals surface area contributed by atoms with E-state index < -0.39 is 0 Å². The third-order valence-corrected chi connectivity index (χ3v) is 2.54. The van der Waals surface area contributed by atoms with Crippen LogP contribution in [-0.2, 0) is 6.42 Å². The van der Waals surface area contributed by atoms with Gasteiger partial charge < -0.3 is 0 Å². The standard InChI is InChI=1S/C15H22/c1-5-6-7-12(2)9-15-10-13(3)8-14(4)11-15/h6-8,10-12H,5,9H2,1-4H3/b7-6-. The van der Waals surface area contributed by atoms with Gasteiger partial charge in [-0.1, -0.05) is 55.3 Å². The van der Waals surface area contributed by atoms with Gasteiger partial charge in [-0.25, -0.2) is 0 Å². The number of rotatable bonds is 4. The van der Waals surface area contributed by atoms with Crippen molar-refractivity contribution in [1.29, 1.82) is 0 Å². The van der Waals surface area contributed by atoms with Crippen molar-refractivity contribution >= 4 is 0 Å². The summed E-state index contributed by atoms with van der Waals surface area (Å²) in [5, 5.41) is 0. The van der Waals surface area contributed by atoms with Gasteiger partial charge in [0.15, 0.2) is 0 Å².